The molecule has 1 aliphatic rings. The largest absolute Gasteiger partial charge is 0.373 e. The Morgan fingerprint density at radius 2 is 1.88 bits per heavy atom. The summed E-state index contributed by atoms with van der Waals surface area (Å²) in [6.45, 7) is 5.55. The highest BCUT2D eigenvalue weighted by Gasteiger charge is 2.25. The van der Waals surface area contributed by atoms with Gasteiger partial charge in [0, 0.05) is 25.0 Å². The molecule has 0 saturated carbocycles. The number of hydrogen-bond donors (Lipinski definition) is 4. The number of imide groups is 1. The number of rotatable bonds is 8. The molecular formula is C24H32ClN5O2. The third-order valence-corrected chi connectivity index (χ3v) is 5.56. The van der Waals surface area contributed by atoms with Crippen LogP contribution in [0.5, 0.6) is 0 Å². The first kappa shape index (κ1) is 25.5. The summed E-state index contributed by atoms with van der Waals surface area (Å²) in [7, 11) is 0. The van der Waals surface area contributed by atoms with Crippen LogP contribution >= 0.6 is 12.4 Å². The second-order valence-corrected chi connectivity index (χ2v) is 8.33. The zero-order chi connectivity index (χ0) is 22.4. The van der Waals surface area contributed by atoms with Gasteiger partial charge in [-0.05, 0) is 41.2 Å². The van der Waals surface area contributed by atoms with E-state index in [9.17, 15) is 9.59 Å². The van der Waals surface area contributed by atoms with Crippen LogP contribution < -0.4 is 16.4 Å². The van der Waals surface area contributed by atoms with Crippen LogP contribution in [0.3, 0.4) is 0 Å². The first-order valence-corrected chi connectivity index (χ1v) is 10.6. The number of halogens is 1. The molecule has 0 bridgehead atoms. The number of nitrogens with zero attached hydrogens (tertiary/aromatic N) is 1. The Morgan fingerprint density at radius 1 is 1.16 bits per heavy atom. The SMILES string of the molecule is CC(C)C(Nc1cccc(C(N)C=N)c1)C(=O)NC(=O)CN1CCc2ccccc2C1.Cl. The molecule has 5 N–H and O–H groups in total. The molecule has 1 heterocycles. The van der Waals surface area contributed by atoms with Crippen molar-refractivity contribution in [2.45, 2.75) is 38.9 Å². The van der Waals surface area contributed by atoms with Gasteiger partial charge in [-0.3, -0.25) is 19.8 Å². The zero-order valence-electron chi connectivity index (χ0n) is 18.5. The van der Waals surface area contributed by atoms with Crippen molar-refractivity contribution < 1.29 is 9.59 Å². The van der Waals surface area contributed by atoms with Crippen molar-refractivity contribution in [1.29, 1.82) is 5.41 Å². The fourth-order valence-corrected chi connectivity index (χ4v) is 3.79. The van der Waals surface area contributed by atoms with Gasteiger partial charge in [0.25, 0.3) is 0 Å². The molecule has 2 aromatic rings. The van der Waals surface area contributed by atoms with Gasteiger partial charge in [-0.15, -0.1) is 12.4 Å². The summed E-state index contributed by atoms with van der Waals surface area (Å²) in [6, 6.07) is 14.5. The van der Waals surface area contributed by atoms with Crippen molar-refractivity contribution >= 4 is 36.1 Å². The molecular weight excluding hydrogens is 426 g/mol. The average Bonchev–Trinajstić information content (AvgIpc) is 2.76. The van der Waals surface area contributed by atoms with Crippen molar-refractivity contribution in [2.24, 2.45) is 11.7 Å². The fraction of sp³-hybridized carbons (Fsp3) is 0.375. The molecule has 0 spiro atoms. The summed E-state index contributed by atoms with van der Waals surface area (Å²) in [4.78, 5) is 27.5. The summed E-state index contributed by atoms with van der Waals surface area (Å²) in [5.41, 5.74) is 9.96. The van der Waals surface area contributed by atoms with E-state index in [1.54, 1.807) is 0 Å². The van der Waals surface area contributed by atoms with Crippen LogP contribution in [-0.4, -0.2) is 42.1 Å². The number of fused-ring (bicyclic) bond motifs is 1. The van der Waals surface area contributed by atoms with E-state index in [4.69, 9.17) is 11.1 Å². The second-order valence-electron chi connectivity index (χ2n) is 8.33. The highest BCUT2D eigenvalue weighted by atomic mass is 35.5. The molecule has 0 aromatic heterocycles. The van der Waals surface area contributed by atoms with Crippen LogP contribution in [0.15, 0.2) is 48.5 Å². The molecule has 0 fully saturated rings. The van der Waals surface area contributed by atoms with Crippen molar-refractivity contribution in [1.82, 2.24) is 10.2 Å². The first-order chi connectivity index (χ1) is 14.9. The highest BCUT2D eigenvalue weighted by Crippen LogP contribution is 2.19. The van der Waals surface area contributed by atoms with Crippen LogP contribution in [0.1, 0.15) is 36.6 Å². The Hall–Kier alpha value is -2.74. The molecule has 2 unspecified atom stereocenters. The van der Waals surface area contributed by atoms with E-state index in [1.807, 2.05) is 50.2 Å². The lowest BCUT2D eigenvalue weighted by Gasteiger charge is -2.28. The highest BCUT2D eigenvalue weighted by molar-refractivity contribution is 5.99. The zero-order valence-corrected chi connectivity index (χ0v) is 19.3. The Bertz CT molecular complexity index is 949. The van der Waals surface area contributed by atoms with Crippen LogP contribution in [0.25, 0.3) is 0 Å². The Balaban J connectivity index is 0.00000363. The summed E-state index contributed by atoms with van der Waals surface area (Å²) in [5, 5.41) is 13.1. The van der Waals surface area contributed by atoms with Crippen LogP contribution in [0.4, 0.5) is 5.69 Å². The van der Waals surface area contributed by atoms with Crippen molar-refractivity contribution in [3.63, 3.8) is 0 Å². The molecule has 0 radical (unpaired) electrons. The van der Waals surface area contributed by atoms with Crippen molar-refractivity contribution in [2.75, 3.05) is 18.4 Å². The summed E-state index contributed by atoms with van der Waals surface area (Å²) in [6.07, 6.45) is 2.07. The number of nitrogens with two attached hydrogens (primary N) is 1. The summed E-state index contributed by atoms with van der Waals surface area (Å²) in [5.74, 6) is -0.676. The second kappa shape index (κ2) is 11.8. The standard InChI is InChI=1S/C24H31N5O2.ClH/c1-16(2)23(27-20-9-5-8-18(12-20)21(26)13-25)24(31)28-22(30)15-29-11-10-17-6-3-4-7-19(17)14-29;/h3-9,12-13,16,21,23,25,27H,10-11,14-15,26H2,1-2H3,(H,28,30,31);1H. The molecule has 7 nitrogen and oxygen atoms in total. The van der Waals surface area contributed by atoms with E-state index in [2.05, 4.69) is 27.7 Å². The van der Waals surface area contributed by atoms with Gasteiger partial charge in [-0.1, -0.05) is 50.2 Å². The topological polar surface area (TPSA) is 111 Å². The normalized spacial score (nSPS) is 15.1. The molecule has 1 aliphatic heterocycles. The minimum Gasteiger partial charge on any atom is -0.373 e. The van der Waals surface area contributed by atoms with Gasteiger partial charge in [0.05, 0.1) is 12.6 Å². The van der Waals surface area contributed by atoms with Gasteiger partial charge in [-0.2, -0.15) is 0 Å². The van der Waals surface area contributed by atoms with Crippen LogP contribution in [0.2, 0.25) is 0 Å². The molecule has 2 aromatic carbocycles. The van der Waals surface area contributed by atoms with Crippen LogP contribution in [-0.2, 0) is 22.6 Å². The number of nitrogens with one attached hydrogen (secondary N) is 3. The molecule has 8 heteroatoms. The Morgan fingerprint density at radius 3 is 2.56 bits per heavy atom. The number of amides is 2. The summed E-state index contributed by atoms with van der Waals surface area (Å²) >= 11 is 0. The van der Waals surface area contributed by atoms with E-state index >= 15 is 0 Å². The maximum absolute atomic E-state index is 12.8. The predicted molar refractivity (Wildman–Crippen MR) is 130 cm³/mol. The predicted octanol–water partition coefficient (Wildman–Crippen LogP) is 2.90. The van der Waals surface area contributed by atoms with Gasteiger partial charge in [0.1, 0.15) is 6.04 Å². The minimum absolute atomic E-state index is 0. The Labute approximate surface area is 195 Å². The third kappa shape index (κ3) is 6.63. The van der Waals surface area contributed by atoms with E-state index in [0.717, 1.165) is 24.2 Å². The van der Waals surface area contributed by atoms with Gasteiger partial charge >= 0.3 is 0 Å². The molecule has 0 saturated heterocycles. The maximum Gasteiger partial charge on any atom is 0.249 e. The lowest BCUT2D eigenvalue weighted by atomic mass is 10.00. The van der Waals surface area contributed by atoms with Crippen LogP contribution in [0, 0.1) is 11.3 Å². The van der Waals surface area contributed by atoms with E-state index < -0.39 is 12.1 Å². The first-order valence-electron chi connectivity index (χ1n) is 10.6. The monoisotopic (exact) mass is 457 g/mol. The lowest BCUT2D eigenvalue weighted by Crippen LogP contribution is -2.48. The molecule has 32 heavy (non-hydrogen) atoms. The number of anilines is 1. The van der Waals surface area contributed by atoms with Crippen molar-refractivity contribution in [3.8, 4) is 0 Å². The quantitative estimate of drug-likeness (QED) is 0.455. The molecule has 2 amide bonds. The molecule has 172 valence electrons. The fourth-order valence-electron chi connectivity index (χ4n) is 3.79. The van der Waals surface area contributed by atoms with Gasteiger partial charge in [0.15, 0.2) is 0 Å². The number of carbonyl (C=O) groups excluding carboxylic acids is 2. The molecule has 0 aliphatic carbocycles. The van der Waals surface area contributed by atoms with E-state index in [0.29, 0.717) is 6.54 Å². The Kier molecular flexibility index (Phi) is 9.38. The third-order valence-electron chi connectivity index (χ3n) is 5.56. The number of carbonyl (C=O) groups is 2. The smallest absolute Gasteiger partial charge is 0.249 e. The minimum atomic E-state index is -0.572. The number of hydrogen-bond acceptors (Lipinski definition) is 6. The van der Waals surface area contributed by atoms with E-state index in [1.165, 1.54) is 17.3 Å². The van der Waals surface area contributed by atoms with Gasteiger partial charge < -0.3 is 16.5 Å². The molecule has 3 rings (SSSR count). The van der Waals surface area contributed by atoms with Crippen molar-refractivity contribution in [3.05, 3.63) is 65.2 Å². The average molecular weight is 458 g/mol. The molecule has 2 atom stereocenters. The maximum atomic E-state index is 12.8. The number of benzene rings is 2. The summed E-state index contributed by atoms with van der Waals surface area (Å²) < 4.78 is 0. The van der Waals surface area contributed by atoms with E-state index in [-0.39, 0.29) is 36.7 Å². The lowest BCUT2D eigenvalue weighted by molar-refractivity contribution is -0.132. The van der Waals surface area contributed by atoms with Gasteiger partial charge in [-0.25, -0.2) is 0 Å². The van der Waals surface area contributed by atoms with Gasteiger partial charge in [0.2, 0.25) is 11.8 Å².